The zero-order chi connectivity index (χ0) is 17.5. The Hall–Kier alpha value is -2.84. The smallest absolute Gasteiger partial charge is 0.0541 e. The maximum Gasteiger partial charge on any atom is 0.0541 e. The number of hydrogen-bond donors (Lipinski definition) is 0. The third-order valence-electron chi connectivity index (χ3n) is 4.88. The molecule has 5 aromatic rings. The molecule has 0 aliphatic carbocycles. The van der Waals surface area contributed by atoms with E-state index in [4.69, 9.17) is 0 Å². The molecule has 0 N–H and O–H groups in total. The zero-order valence-electron chi connectivity index (χ0n) is 14.1. The Morgan fingerprint density at radius 1 is 0.538 bits per heavy atom. The minimum Gasteiger partial charge on any atom is -0.309 e. The van der Waals surface area contributed by atoms with Gasteiger partial charge in [-0.05, 0) is 35.9 Å². The Bertz CT molecular complexity index is 1180. The van der Waals surface area contributed by atoms with E-state index in [2.05, 4.69) is 118 Å². The molecule has 0 atom stereocenters. The van der Waals surface area contributed by atoms with Gasteiger partial charge >= 0.3 is 0 Å². The summed E-state index contributed by atoms with van der Waals surface area (Å²) in [6, 6.07) is 34.4. The lowest BCUT2D eigenvalue weighted by atomic mass is 10.0. The molecule has 4 aromatic carbocycles. The molecule has 0 aliphatic heterocycles. The maximum atomic E-state index is 3.54. The summed E-state index contributed by atoms with van der Waals surface area (Å²) >= 11 is 3.54. The first-order valence-corrected chi connectivity index (χ1v) is 9.46. The van der Waals surface area contributed by atoms with E-state index in [1.165, 1.54) is 38.6 Å². The van der Waals surface area contributed by atoms with E-state index in [1.807, 2.05) is 0 Å². The number of halogens is 1. The molecule has 0 spiro atoms. The van der Waals surface area contributed by atoms with Gasteiger partial charge in [0.1, 0.15) is 0 Å². The van der Waals surface area contributed by atoms with Crippen LogP contribution < -0.4 is 0 Å². The molecule has 0 saturated heterocycles. The van der Waals surface area contributed by atoms with Crippen molar-refractivity contribution in [2.24, 2.45) is 0 Å². The van der Waals surface area contributed by atoms with Gasteiger partial charge in [-0.25, -0.2) is 0 Å². The Kier molecular flexibility index (Phi) is 3.65. The zero-order valence-corrected chi connectivity index (χ0v) is 15.6. The van der Waals surface area contributed by atoms with Crippen LogP contribution in [0.4, 0.5) is 0 Å². The molecular formula is C24H16BrN. The average molecular weight is 398 g/mol. The highest BCUT2D eigenvalue weighted by Gasteiger charge is 2.14. The van der Waals surface area contributed by atoms with Crippen LogP contribution in [0.1, 0.15) is 0 Å². The summed E-state index contributed by atoms with van der Waals surface area (Å²) in [6.07, 6.45) is 0. The van der Waals surface area contributed by atoms with Gasteiger partial charge in [0.2, 0.25) is 0 Å². The molecule has 0 radical (unpaired) electrons. The first kappa shape index (κ1) is 15.4. The van der Waals surface area contributed by atoms with Gasteiger partial charge < -0.3 is 4.57 Å². The lowest BCUT2D eigenvalue weighted by Crippen LogP contribution is -1.96. The second-order valence-electron chi connectivity index (χ2n) is 6.39. The molecular weight excluding hydrogens is 382 g/mol. The van der Waals surface area contributed by atoms with Crippen molar-refractivity contribution in [3.63, 3.8) is 0 Å². The normalized spacial score (nSPS) is 11.3. The van der Waals surface area contributed by atoms with Crippen molar-refractivity contribution < 1.29 is 0 Å². The Morgan fingerprint density at radius 3 is 1.73 bits per heavy atom. The van der Waals surface area contributed by atoms with Gasteiger partial charge in [-0.2, -0.15) is 0 Å². The van der Waals surface area contributed by atoms with Gasteiger partial charge in [-0.1, -0.05) is 82.7 Å². The fourth-order valence-electron chi connectivity index (χ4n) is 3.72. The summed E-state index contributed by atoms with van der Waals surface area (Å²) in [6.45, 7) is 0. The average Bonchev–Trinajstić information content (AvgIpc) is 3.03. The molecule has 0 unspecified atom stereocenters. The van der Waals surface area contributed by atoms with Gasteiger partial charge in [-0.3, -0.25) is 0 Å². The first-order chi connectivity index (χ1) is 12.8. The summed E-state index contributed by atoms with van der Waals surface area (Å²) < 4.78 is 3.47. The summed E-state index contributed by atoms with van der Waals surface area (Å²) in [5, 5.41) is 2.57. The van der Waals surface area contributed by atoms with Crippen LogP contribution in [0, 0.1) is 0 Å². The molecule has 1 aromatic heterocycles. The topological polar surface area (TPSA) is 4.93 Å². The van der Waals surface area contributed by atoms with Gasteiger partial charge in [0.15, 0.2) is 0 Å². The first-order valence-electron chi connectivity index (χ1n) is 8.66. The third kappa shape index (κ3) is 2.38. The highest BCUT2D eigenvalue weighted by Crippen LogP contribution is 2.36. The second-order valence-corrected chi connectivity index (χ2v) is 7.31. The summed E-state index contributed by atoms with van der Waals surface area (Å²) in [7, 11) is 0. The van der Waals surface area contributed by atoms with E-state index in [0.29, 0.717) is 0 Å². The van der Waals surface area contributed by atoms with Crippen molar-refractivity contribution in [2.45, 2.75) is 0 Å². The summed E-state index contributed by atoms with van der Waals surface area (Å²) in [5.41, 5.74) is 6.11. The third-order valence-corrected chi connectivity index (χ3v) is 5.41. The monoisotopic (exact) mass is 397 g/mol. The number of aromatic nitrogens is 1. The van der Waals surface area contributed by atoms with Crippen LogP contribution in [0.3, 0.4) is 0 Å². The van der Waals surface area contributed by atoms with E-state index < -0.39 is 0 Å². The SMILES string of the molecule is Brc1ccc(-c2ccccc2-n2c3ccccc3c3ccccc32)cc1. The van der Waals surface area contributed by atoms with Crippen LogP contribution in [-0.4, -0.2) is 4.57 Å². The predicted molar refractivity (Wildman–Crippen MR) is 114 cm³/mol. The van der Waals surface area contributed by atoms with E-state index >= 15 is 0 Å². The van der Waals surface area contributed by atoms with E-state index in [1.54, 1.807) is 0 Å². The number of para-hydroxylation sites is 3. The van der Waals surface area contributed by atoms with E-state index in [9.17, 15) is 0 Å². The summed E-state index contributed by atoms with van der Waals surface area (Å²) in [5.74, 6) is 0. The molecule has 2 heteroatoms. The lowest BCUT2D eigenvalue weighted by molar-refractivity contribution is 1.18. The van der Waals surface area contributed by atoms with E-state index in [0.717, 1.165) is 4.47 Å². The quantitative estimate of drug-likeness (QED) is 0.296. The molecule has 124 valence electrons. The molecule has 26 heavy (non-hydrogen) atoms. The molecule has 5 rings (SSSR count). The standard InChI is InChI=1S/C24H16BrN/c25-18-15-13-17(14-16-18)19-7-1-4-10-22(19)26-23-11-5-2-8-20(23)21-9-3-6-12-24(21)26/h1-16H. The van der Waals surface area contributed by atoms with Crippen molar-refractivity contribution in [3.8, 4) is 16.8 Å². The molecule has 0 amide bonds. The van der Waals surface area contributed by atoms with Crippen molar-refractivity contribution >= 4 is 37.7 Å². The van der Waals surface area contributed by atoms with Crippen LogP contribution in [0.15, 0.2) is 102 Å². The van der Waals surface area contributed by atoms with Gasteiger partial charge in [0.25, 0.3) is 0 Å². The van der Waals surface area contributed by atoms with Crippen molar-refractivity contribution in [1.82, 2.24) is 4.57 Å². The minimum atomic E-state index is 1.09. The molecule has 0 aliphatic rings. The fourth-order valence-corrected chi connectivity index (χ4v) is 3.99. The number of nitrogens with zero attached hydrogens (tertiary/aromatic N) is 1. The minimum absolute atomic E-state index is 1.09. The largest absolute Gasteiger partial charge is 0.309 e. The summed E-state index contributed by atoms with van der Waals surface area (Å²) in [4.78, 5) is 0. The second kappa shape index (κ2) is 6.15. The highest BCUT2D eigenvalue weighted by molar-refractivity contribution is 9.10. The van der Waals surface area contributed by atoms with Crippen LogP contribution in [0.25, 0.3) is 38.6 Å². The Morgan fingerprint density at radius 2 is 1.08 bits per heavy atom. The molecule has 0 saturated carbocycles. The van der Waals surface area contributed by atoms with Crippen molar-refractivity contribution in [1.29, 1.82) is 0 Å². The van der Waals surface area contributed by atoms with Gasteiger partial charge in [-0.15, -0.1) is 0 Å². The highest BCUT2D eigenvalue weighted by atomic mass is 79.9. The fraction of sp³-hybridized carbons (Fsp3) is 0. The van der Waals surface area contributed by atoms with Crippen LogP contribution >= 0.6 is 15.9 Å². The number of fused-ring (bicyclic) bond motifs is 3. The molecule has 1 heterocycles. The molecule has 0 bridgehead atoms. The maximum absolute atomic E-state index is 3.54. The van der Waals surface area contributed by atoms with Gasteiger partial charge in [0, 0.05) is 20.8 Å². The molecule has 1 nitrogen and oxygen atoms in total. The van der Waals surface area contributed by atoms with Crippen LogP contribution in [0.2, 0.25) is 0 Å². The predicted octanol–water partition coefficient (Wildman–Crippen LogP) is 7.21. The van der Waals surface area contributed by atoms with E-state index in [-0.39, 0.29) is 0 Å². The Balaban J connectivity index is 1.88. The van der Waals surface area contributed by atoms with Crippen molar-refractivity contribution in [2.75, 3.05) is 0 Å². The lowest BCUT2D eigenvalue weighted by Gasteiger charge is -2.14. The van der Waals surface area contributed by atoms with Crippen molar-refractivity contribution in [3.05, 3.63) is 102 Å². The molecule has 0 fully saturated rings. The number of hydrogen-bond acceptors (Lipinski definition) is 0. The van der Waals surface area contributed by atoms with Gasteiger partial charge in [0.05, 0.1) is 16.7 Å². The number of benzene rings is 4. The van der Waals surface area contributed by atoms with Crippen LogP contribution in [0.5, 0.6) is 0 Å². The van der Waals surface area contributed by atoms with Crippen LogP contribution in [-0.2, 0) is 0 Å². The Labute approximate surface area is 160 Å². The number of rotatable bonds is 2.